The number of aromatic amines is 1. The molecule has 0 amide bonds. The Kier molecular flexibility index (Phi) is 6.75. The lowest BCUT2D eigenvalue weighted by Crippen LogP contribution is -2.13. The summed E-state index contributed by atoms with van der Waals surface area (Å²) in [7, 11) is 0. The van der Waals surface area contributed by atoms with Crippen molar-refractivity contribution in [2.24, 2.45) is 5.73 Å². The molecular weight excluding hydrogens is 428 g/mol. The van der Waals surface area contributed by atoms with E-state index in [9.17, 15) is 4.79 Å². The molecule has 5 rings (SSSR count). The molecule has 0 saturated heterocycles. The molecule has 174 valence electrons. The van der Waals surface area contributed by atoms with Gasteiger partial charge in [-0.15, -0.1) is 0 Å². The number of aromatic nitrogens is 3. The highest BCUT2D eigenvalue weighted by atomic mass is 16.4. The Labute approximate surface area is 196 Å². The summed E-state index contributed by atoms with van der Waals surface area (Å²) in [5.74, 6) is -0.833. The molecule has 2 heterocycles. The molecule has 0 aliphatic heterocycles. The first kappa shape index (κ1) is 23.2. The number of nitrogens with zero attached hydrogens (tertiary/aromatic N) is 2. The molecular formula is C27H28N4O3. The normalized spacial score (nSPS) is 11.0. The maximum atomic E-state index is 13.2. The summed E-state index contributed by atoms with van der Waals surface area (Å²) in [6, 6.07) is 20.3. The van der Waals surface area contributed by atoms with Crippen LogP contribution in [0.25, 0.3) is 44.0 Å². The van der Waals surface area contributed by atoms with E-state index in [4.69, 9.17) is 20.6 Å². The topological polar surface area (TPSA) is 114 Å². The first-order chi connectivity index (χ1) is 16.5. The Morgan fingerprint density at radius 3 is 2.44 bits per heavy atom. The number of hydrogen-bond acceptors (Lipinski definition) is 4. The standard InChI is InChI=1S/C25H24N4O.C2H4O2/c1-2-20-22(18-10-5-6-11-21(18)29(20)15-7-14-26)24-25(30)27-19-13-12-16-8-3-4-9-17(16)23(19)28-24;1-2(3)4/h3-6,8-13H,2,7,14-15,26H2,1H3,(H,27,30);1H3,(H,3,4). The van der Waals surface area contributed by atoms with Gasteiger partial charge in [-0.05, 0) is 36.9 Å². The number of rotatable bonds is 5. The molecule has 0 spiro atoms. The quantitative estimate of drug-likeness (QED) is 0.332. The molecule has 7 heteroatoms. The molecule has 0 atom stereocenters. The number of H-pyrrole nitrogens is 1. The summed E-state index contributed by atoms with van der Waals surface area (Å²) in [4.78, 5) is 30.2. The second-order valence-corrected chi connectivity index (χ2v) is 8.10. The van der Waals surface area contributed by atoms with Crippen molar-refractivity contribution in [1.29, 1.82) is 0 Å². The molecule has 0 bridgehead atoms. The fourth-order valence-corrected chi connectivity index (χ4v) is 4.48. The van der Waals surface area contributed by atoms with Crippen LogP contribution >= 0.6 is 0 Å². The van der Waals surface area contributed by atoms with E-state index in [2.05, 4.69) is 40.7 Å². The predicted molar refractivity (Wildman–Crippen MR) is 137 cm³/mol. The lowest BCUT2D eigenvalue weighted by atomic mass is 10.0. The van der Waals surface area contributed by atoms with Crippen LogP contribution in [0.2, 0.25) is 0 Å². The van der Waals surface area contributed by atoms with Crippen LogP contribution in [0.5, 0.6) is 0 Å². The van der Waals surface area contributed by atoms with E-state index in [-0.39, 0.29) is 5.56 Å². The summed E-state index contributed by atoms with van der Waals surface area (Å²) >= 11 is 0. The minimum absolute atomic E-state index is 0.158. The zero-order chi connectivity index (χ0) is 24.2. The average molecular weight is 457 g/mol. The smallest absolute Gasteiger partial charge is 0.300 e. The molecule has 3 aromatic carbocycles. The van der Waals surface area contributed by atoms with E-state index >= 15 is 0 Å². The molecule has 0 aliphatic rings. The van der Waals surface area contributed by atoms with Crippen molar-refractivity contribution in [2.75, 3.05) is 6.54 Å². The average Bonchev–Trinajstić information content (AvgIpc) is 3.15. The highest BCUT2D eigenvalue weighted by Crippen LogP contribution is 2.34. The van der Waals surface area contributed by atoms with Crippen molar-refractivity contribution >= 4 is 38.7 Å². The maximum Gasteiger partial charge on any atom is 0.300 e. The fraction of sp³-hybridized carbons (Fsp3) is 0.222. The number of carboxylic acid groups (broad SMARTS) is 1. The second-order valence-electron chi connectivity index (χ2n) is 8.10. The minimum atomic E-state index is -0.833. The van der Waals surface area contributed by atoms with Crippen LogP contribution < -0.4 is 11.3 Å². The first-order valence-corrected chi connectivity index (χ1v) is 11.4. The van der Waals surface area contributed by atoms with Gasteiger partial charge in [0.2, 0.25) is 0 Å². The SMILES string of the molecule is CC(=O)O.CCc1c(-c2nc3c(ccc4ccccc43)[nH]c2=O)c2ccccc2n1CCCN. The van der Waals surface area contributed by atoms with Gasteiger partial charge in [-0.3, -0.25) is 9.59 Å². The van der Waals surface area contributed by atoms with E-state index < -0.39 is 5.97 Å². The van der Waals surface area contributed by atoms with E-state index in [0.29, 0.717) is 12.2 Å². The molecule has 0 saturated carbocycles. The number of nitrogens with one attached hydrogen (secondary N) is 1. The van der Waals surface area contributed by atoms with Crippen molar-refractivity contribution in [3.05, 3.63) is 76.7 Å². The van der Waals surface area contributed by atoms with Crippen LogP contribution in [0, 0.1) is 0 Å². The summed E-state index contributed by atoms with van der Waals surface area (Å²) in [6.45, 7) is 4.67. The van der Waals surface area contributed by atoms with E-state index in [0.717, 1.165) is 70.3 Å². The van der Waals surface area contributed by atoms with Crippen LogP contribution in [0.1, 0.15) is 26.0 Å². The van der Waals surface area contributed by atoms with Crippen molar-refractivity contribution < 1.29 is 9.90 Å². The highest BCUT2D eigenvalue weighted by Gasteiger charge is 2.21. The number of nitrogens with two attached hydrogens (primary N) is 1. The Balaban J connectivity index is 0.000000636. The molecule has 2 aromatic heterocycles. The minimum Gasteiger partial charge on any atom is -0.481 e. The Morgan fingerprint density at radius 1 is 1.06 bits per heavy atom. The zero-order valence-corrected chi connectivity index (χ0v) is 19.3. The third-order valence-corrected chi connectivity index (χ3v) is 5.82. The molecule has 7 nitrogen and oxygen atoms in total. The van der Waals surface area contributed by atoms with Crippen LogP contribution in [0.3, 0.4) is 0 Å². The lowest BCUT2D eigenvalue weighted by molar-refractivity contribution is -0.134. The van der Waals surface area contributed by atoms with Gasteiger partial charge in [-0.1, -0.05) is 55.5 Å². The van der Waals surface area contributed by atoms with Crippen molar-refractivity contribution in [1.82, 2.24) is 14.5 Å². The van der Waals surface area contributed by atoms with Gasteiger partial charge in [0.05, 0.1) is 11.0 Å². The lowest BCUT2D eigenvalue weighted by Gasteiger charge is -2.10. The molecule has 0 radical (unpaired) electrons. The zero-order valence-electron chi connectivity index (χ0n) is 19.3. The van der Waals surface area contributed by atoms with Gasteiger partial charge in [-0.25, -0.2) is 4.98 Å². The number of aliphatic carboxylic acids is 1. The van der Waals surface area contributed by atoms with Crippen LogP contribution in [0.4, 0.5) is 0 Å². The number of aryl methyl sites for hydroxylation is 1. The number of para-hydroxylation sites is 1. The Bertz CT molecular complexity index is 1540. The van der Waals surface area contributed by atoms with E-state index in [1.54, 1.807) is 0 Å². The number of benzene rings is 3. The number of hydrogen-bond donors (Lipinski definition) is 3. The highest BCUT2D eigenvalue weighted by molar-refractivity contribution is 6.05. The second kappa shape index (κ2) is 9.89. The molecule has 0 unspecified atom stereocenters. The van der Waals surface area contributed by atoms with Gasteiger partial charge in [0.1, 0.15) is 5.69 Å². The van der Waals surface area contributed by atoms with E-state index in [1.165, 1.54) is 0 Å². The summed E-state index contributed by atoms with van der Waals surface area (Å²) in [5.41, 5.74) is 10.9. The van der Waals surface area contributed by atoms with Crippen molar-refractivity contribution in [3.63, 3.8) is 0 Å². The van der Waals surface area contributed by atoms with Gasteiger partial charge < -0.3 is 20.4 Å². The maximum absolute atomic E-state index is 13.2. The molecule has 34 heavy (non-hydrogen) atoms. The van der Waals surface area contributed by atoms with Crippen LogP contribution in [0.15, 0.2) is 65.5 Å². The largest absolute Gasteiger partial charge is 0.481 e. The van der Waals surface area contributed by atoms with Crippen molar-refractivity contribution in [3.8, 4) is 11.3 Å². The van der Waals surface area contributed by atoms with Crippen LogP contribution in [-0.4, -0.2) is 32.2 Å². The third-order valence-electron chi connectivity index (χ3n) is 5.82. The third kappa shape index (κ3) is 4.30. The molecule has 0 fully saturated rings. The van der Waals surface area contributed by atoms with E-state index in [1.807, 2.05) is 36.4 Å². The first-order valence-electron chi connectivity index (χ1n) is 11.4. The Morgan fingerprint density at radius 2 is 1.74 bits per heavy atom. The fourth-order valence-electron chi connectivity index (χ4n) is 4.48. The van der Waals surface area contributed by atoms with Gasteiger partial charge >= 0.3 is 0 Å². The summed E-state index contributed by atoms with van der Waals surface area (Å²) in [5, 5.41) is 10.6. The number of carbonyl (C=O) groups is 1. The summed E-state index contributed by atoms with van der Waals surface area (Å²) < 4.78 is 2.30. The van der Waals surface area contributed by atoms with Gasteiger partial charge in [0.25, 0.3) is 11.5 Å². The van der Waals surface area contributed by atoms with Gasteiger partial charge in [0.15, 0.2) is 0 Å². The molecule has 5 aromatic rings. The molecule has 0 aliphatic carbocycles. The van der Waals surface area contributed by atoms with Gasteiger partial charge in [0, 0.05) is 41.0 Å². The monoisotopic (exact) mass is 456 g/mol. The number of carboxylic acids is 1. The van der Waals surface area contributed by atoms with Crippen molar-refractivity contribution in [2.45, 2.75) is 33.2 Å². The number of fused-ring (bicyclic) bond motifs is 4. The Hall–Kier alpha value is -3.97. The molecule has 4 N–H and O–H groups in total. The van der Waals surface area contributed by atoms with Gasteiger partial charge in [-0.2, -0.15) is 0 Å². The predicted octanol–water partition coefficient (Wildman–Crippen LogP) is 4.70. The van der Waals surface area contributed by atoms with Crippen LogP contribution in [-0.2, 0) is 17.8 Å². The summed E-state index contributed by atoms with van der Waals surface area (Å²) in [6.07, 6.45) is 1.69.